The van der Waals surface area contributed by atoms with Crippen LogP contribution in [0.1, 0.15) is 12.5 Å². The highest BCUT2D eigenvalue weighted by Crippen LogP contribution is 2.15. The molecule has 116 valence electrons. The Morgan fingerprint density at radius 3 is 3.05 bits per heavy atom. The average Bonchev–Trinajstić information content (AvgIpc) is 3.00. The van der Waals surface area contributed by atoms with Crippen LogP contribution in [0, 0.1) is 0 Å². The Kier molecular flexibility index (Phi) is 5.71. The summed E-state index contributed by atoms with van der Waals surface area (Å²) in [5.41, 5.74) is 1.01. The van der Waals surface area contributed by atoms with Gasteiger partial charge in [-0.15, -0.1) is 6.58 Å². The normalized spacial score (nSPS) is 10.2. The quantitative estimate of drug-likeness (QED) is 0.699. The topological polar surface area (TPSA) is 60.2 Å². The molecule has 0 spiro atoms. The number of carbonyl (C=O) groups excluding carboxylic acids is 1. The molecule has 1 aromatic heterocycles. The molecule has 0 saturated carbocycles. The highest BCUT2D eigenvalue weighted by molar-refractivity contribution is 5.76. The molecule has 2 aromatic rings. The summed E-state index contributed by atoms with van der Waals surface area (Å²) in [5.74, 6) is 0.773. The molecule has 0 aliphatic carbocycles. The molecule has 0 radical (unpaired) electrons. The summed E-state index contributed by atoms with van der Waals surface area (Å²) in [5, 5.41) is 3.96. The molecule has 2 rings (SSSR count). The number of hydrogen-bond acceptors (Lipinski definition) is 4. The van der Waals surface area contributed by atoms with Crippen LogP contribution >= 0.6 is 0 Å². The molecule has 1 aromatic carbocycles. The minimum Gasteiger partial charge on any atom is -0.494 e. The van der Waals surface area contributed by atoms with Gasteiger partial charge in [-0.25, -0.2) is 9.67 Å². The van der Waals surface area contributed by atoms with Gasteiger partial charge in [-0.3, -0.25) is 4.79 Å². The van der Waals surface area contributed by atoms with Crippen molar-refractivity contribution < 1.29 is 9.53 Å². The fraction of sp³-hybridized carbons (Fsp3) is 0.312. The van der Waals surface area contributed by atoms with Gasteiger partial charge in [0.1, 0.15) is 24.9 Å². The standard InChI is InChI=1S/C16H20N4O2/c1-3-8-19(16(21)11-20-13-17-12-18-20)10-14-6-5-7-15(9-14)22-4-2/h3,5-7,9,12-13H,1,4,8,10-11H2,2H3. The first kappa shape index (κ1) is 15.8. The van der Waals surface area contributed by atoms with Crippen LogP contribution in [0.5, 0.6) is 5.75 Å². The Bertz CT molecular complexity index is 610. The Hall–Kier alpha value is -2.63. The van der Waals surface area contributed by atoms with Crippen molar-refractivity contribution >= 4 is 5.91 Å². The van der Waals surface area contributed by atoms with Gasteiger partial charge in [0.15, 0.2) is 0 Å². The molecule has 0 unspecified atom stereocenters. The summed E-state index contributed by atoms with van der Waals surface area (Å²) in [6, 6.07) is 7.75. The van der Waals surface area contributed by atoms with Gasteiger partial charge >= 0.3 is 0 Å². The lowest BCUT2D eigenvalue weighted by Crippen LogP contribution is -2.33. The first-order valence-electron chi connectivity index (χ1n) is 7.15. The van der Waals surface area contributed by atoms with Gasteiger partial charge in [0, 0.05) is 13.1 Å². The van der Waals surface area contributed by atoms with Crippen molar-refractivity contribution in [2.24, 2.45) is 0 Å². The van der Waals surface area contributed by atoms with Crippen LogP contribution in [-0.4, -0.2) is 38.7 Å². The third-order valence-electron chi connectivity index (χ3n) is 3.05. The highest BCUT2D eigenvalue weighted by Gasteiger charge is 2.14. The van der Waals surface area contributed by atoms with Crippen molar-refractivity contribution in [1.29, 1.82) is 0 Å². The number of nitrogens with zero attached hydrogens (tertiary/aromatic N) is 4. The Labute approximate surface area is 130 Å². The van der Waals surface area contributed by atoms with Gasteiger partial charge in [0.2, 0.25) is 5.91 Å². The number of amides is 1. The number of aromatic nitrogens is 3. The van der Waals surface area contributed by atoms with Crippen molar-refractivity contribution in [3.63, 3.8) is 0 Å². The van der Waals surface area contributed by atoms with Gasteiger partial charge in [-0.05, 0) is 24.6 Å². The second-order valence-corrected chi connectivity index (χ2v) is 4.74. The van der Waals surface area contributed by atoms with E-state index in [1.165, 1.54) is 17.3 Å². The monoisotopic (exact) mass is 300 g/mol. The van der Waals surface area contributed by atoms with Crippen LogP contribution < -0.4 is 4.74 Å². The predicted octanol–water partition coefficient (Wildman–Crippen LogP) is 1.89. The van der Waals surface area contributed by atoms with E-state index in [4.69, 9.17) is 4.74 Å². The van der Waals surface area contributed by atoms with E-state index in [9.17, 15) is 4.79 Å². The molecule has 0 bridgehead atoms. The lowest BCUT2D eigenvalue weighted by atomic mass is 10.2. The van der Waals surface area contributed by atoms with E-state index in [-0.39, 0.29) is 12.5 Å². The molecule has 22 heavy (non-hydrogen) atoms. The first-order chi connectivity index (χ1) is 10.7. The number of benzene rings is 1. The van der Waals surface area contributed by atoms with E-state index in [2.05, 4.69) is 16.7 Å². The molecular weight excluding hydrogens is 280 g/mol. The molecule has 1 heterocycles. The van der Waals surface area contributed by atoms with Gasteiger partial charge in [-0.2, -0.15) is 5.10 Å². The third-order valence-corrected chi connectivity index (χ3v) is 3.05. The van der Waals surface area contributed by atoms with Gasteiger partial charge < -0.3 is 9.64 Å². The second-order valence-electron chi connectivity index (χ2n) is 4.74. The number of ether oxygens (including phenoxy) is 1. The van der Waals surface area contributed by atoms with E-state index in [0.717, 1.165) is 11.3 Å². The molecule has 0 aliphatic rings. The maximum absolute atomic E-state index is 12.4. The summed E-state index contributed by atoms with van der Waals surface area (Å²) in [7, 11) is 0. The molecular formula is C16H20N4O2. The number of carbonyl (C=O) groups is 1. The first-order valence-corrected chi connectivity index (χ1v) is 7.15. The van der Waals surface area contributed by atoms with Gasteiger partial charge in [0.25, 0.3) is 0 Å². The highest BCUT2D eigenvalue weighted by atomic mass is 16.5. The summed E-state index contributed by atoms with van der Waals surface area (Å²) >= 11 is 0. The van der Waals surface area contributed by atoms with E-state index < -0.39 is 0 Å². The van der Waals surface area contributed by atoms with Crippen molar-refractivity contribution in [2.45, 2.75) is 20.0 Å². The van der Waals surface area contributed by atoms with Crippen LogP contribution in [0.15, 0.2) is 49.6 Å². The summed E-state index contributed by atoms with van der Waals surface area (Å²) in [6.45, 7) is 7.42. The Balaban J connectivity index is 2.05. The zero-order valence-electron chi connectivity index (χ0n) is 12.7. The molecule has 0 aliphatic heterocycles. The molecule has 6 heteroatoms. The summed E-state index contributed by atoms with van der Waals surface area (Å²) in [6.07, 6.45) is 4.65. The minimum absolute atomic E-state index is 0.0350. The zero-order valence-corrected chi connectivity index (χ0v) is 12.7. The van der Waals surface area contributed by atoms with Crippen LogP contribution in [0.3, 0.4) is 0 Å². The van der Waals surface area contributed by atoms with Crippen LogP contribution in [0.4, 0.5) is 0 Å². The van der Waals surface area contributed by atoms with Crippen molar-refractivity contribution in [1.82, 2.24) is 19.7 Å². The minimum atomic E-state index is -0.0350. The van der Waals surface area contributed by atoms with E-state index in [1.54, 1.807) is 11.0 Å². The van der Waals surface area contributed by atoms with E-state index in [1.807, 2.05) is 31.2 Å². The number of rotatable bonds is 8. The van der Waals surface area contributed by atoms with Gasteiger partial charge in [0.05, 0.1) is 6.61 Å². The Morgan fingerprint density at radius 1 is 1.50 bits per heavy atom. The second kappa shape index (κ2) is 7.97. The fourth-order valence-electron chi connectivity index (χ4n) is 2.08. The summed E-state index contributed by atoms with van der Waals surface area (Å²) in [4.78, 5) is 17.9. The predicted molar refractivity (Wildman–Crippen MR) is 83.2 cm³/mol. The maximum Gasteiger partial charge on any atom is 0.244 e. The third kappa shape index (κ3) is 4.44. The summed E-state index contributed by atoms with van der Waals surface area (Å²) < 4.78 is 7.00. The fourth-order valence-corrected chi connectivity index (χ4v) is 2.08. The van der Waals surface area contributed by atoms with E-state index >= 15 is 0 Å². The molecule has 0 saturated heterocycles. The smallest absolute Gasteiger partial charge is 0.244 e. The maximum atomic E-state index is 12.4. The van der Waals surface area contributed by atoms with Gasteiger partial charge in [-0.1, -0.05) is 18.2 Å². The lowest BCUT2D eigenvalue weighted by Gasteiger charge is -2.21. The van der Waals surface area contributed by atoms with Crippen LogP contribution in [0.2, 0.25) is 0 Å². The largest absolute Gasteiger partial charge is 0.494 e. The SMILES string of the molecule is C=CCN(Cc1cccc(OCC)c1)C(=O)Cn1cncn1. The zero-order chi connectivity index (χ0) is 15.8. The van der Waals surface area contributed by atoms with E-state index in [0.29, 0.717) is 19.7 Å². The van der Waals surface area contributed by atoms with Crippen molar-refractivity contribution in [2.75, 3.05) is 13.2 Å². The molecule has 0 fully saturated rings. The van der Waals surface area contributed by atoms with Crippen LogP contribution in [-0.2, 0) is 17.9 Å². The average molecular weight is 300 g/mol. The van der Waals surface area contributed by atoms with Crippen molar-refractivity contribution in [3.05, 3.63) is 55.1 Å². The number of hydrogen-bond donors (Lipinski definition) is 0. The lowest BCUT2D eigenvalue weighted by molar-refractivity contribution is -0.132. The van der Waals surface area contributed by atoms with Crippen LogP contribution in [0.25, 0.3) is 0 Å². The Morgan fingerprint density at radius 2 is 2.36 bits per heavy atom. The molecule has 0 atom stereocenters. The molecule has 6 nitrogen and oxygen atoms in total. The molecule has 0 N–H and O–H groups in total. The van der Waals surface area contributed by atoms with Crippen molar-refractivity contribution in [3.8, 4) is 5.75 Å². The molecule has 1 amide bonds.